The smallest absolute Gasteiger partial charge is 0.0600 e. The fraction of sp³-hybridized carbons (Fsp3) is 1.00. The Morgan fingerprint density at radius 2 is 1.57 bits per heavy atom. The molecule has 0 amide bonds. The van der Waals surface area contributed by atoms with Gasteiger partial charge in [0.2, 0.25) is 0 Å². The standard InChI is InChI=1S/C20H38O/c1-4-6-14-21-20-13-12-19(15-16(20)3)18-10-8-17(7-5-2)9-11-18/h16-20H,4-15H2,1-3H3/t16?,17-,18-,19?,20?. The average Bonchev–Trinajstić information content (AvgIpc) is 2.50. The fourth-order valence-electron chi connectivity index (χ4n) is 4.82. The maximum Gasteiger partial charge on any atom is 0.0600 e. The maximum absolute atomic E-state index is 6.12. The van der Waals surface area contributed by atoms with Crippen LogP contribution < -0.4 is 0 Å². The summed E-state index contributed by atoms with van der Waals surface area (Å²) >= 11 is 0. The zero-order chi connectivity index (χ0) is 15.1. The van der Waals surface area contributed by atoms with Crippen LogP contribution in [0.25, 0.3) is 0 Å². The van der Waals surface area contributed by atoms with Crippen molar-refractivity contribution in [1.29, 1.82) is 0 Å². The van der Waals surface area contributed by atoms with Gasteiger partial charge in [-0.3, -0.25) is 0 Å². The first-order chi connectivity index (χ1) is 10.2. The second-order valence-corrected chi connectivity index (χ2v) is 7.88. The number of rotatable bonds is 7. The lowest BCUT2D eigenvalue weighted by Gasteiger charge is -2.40. The molecule has 1 nitrogen and oxygen atoms in total. The van der Waals surface area contributed by atoms with Crippen molar-refractivity contribution in [1.82, 2.24) is 0 Å². The molecule has 3 atom stereocenters. The molecule has 0 saturated heterocycles. The molecule has 0 radical (unpaired) electrons. The second-order valence-electron chi connectivity index (χ2n) is 7.88. The SMILES string of the molecule is CCCCOC1CCC([C@H]2CC[C@H](CCC)CC2)CC1C. The molecule has 0 spiro atoms. The molecule has 0 aromatic rings. The van der Waals surface area contributed by atoms with Crippen LogP contribution in [0.5, 0.6) is 0 Å². The van der Waals surface area contributed by atoms with Crippen LogP contribution in [0.4, 0.5) is 0 Å². The van der Waals surface area contributed by atoms with Gasteiger partial charge in [-0.1, -0.05) is 52.9 Å². The van der Waals surface area contributed by atoms with E-state index in [1.165, 1.54) is 70.6 Å². The summed E-state index contributed by atoms with van der Waals surface area (Å²) in [5.74, 6) is 3.89. The molecule has 0 heterocycles. The predicted molar refractivity (Wildman–Crippen MR) is 91.5 cm³/mol. The molecule has 0 aromatic heterocycles. The van der Waals surface area contributed by atoms with E-state index < -0.39 is 0 Å². The van der Waals surface area contributed by atoms with Gasteiger partial charge in [-0.15, -0.1) is 0 Å². The van der Waals surface area contributed by atoms with Gasteiger partial charge in [0.15, 0.2) is 0 Å². The molecule has 3 unspecified atom stereocenters. The van der Waals surface area contributed by atoms with E-state index in [1.54, 1.807) is 0 Å². The zero-order valence-electron chi connectivity index (χ0n) is 14.8. The third-order valence-electron chi connectivity index (χ3n) is 6.22. The van der Waals surface area contributed by atoms with Crippen LogP contribution in [0.1, 0.15) is 91.4 Å². The summed E-state index contributed by atoms with van der Waals surface area (Å²) in [5.41, 5.74) is 0. The molecule has 0 bridgehead atoms. The van der Waals surface area contributed by atoms with Crippen LogP contribution in [0.15, 0.2) is 0 Å². The molecule has 0 aliphatic heterocycles. The Morgan fingerprint density at radius 1 is 0.857 bits per heavy atom. The lowest BCUT2D eigenvalue weighted by atomic mass is 9.68. The molecule has 0 aromatic carbocycles. The lowest BCUT2D eigenvalue weighted by molar-refractivity contribution is -0.0286. The van der Waals surface area contributed by atoms with Crippen molar-refractivity contribution < 1.29 is 4.74 Å². The van der Waals surface area contributed by atoms with Gasteiger partial charge in [0.25, 0.3) is 0 Å². The van der Waals surface area contributed by atoms with E-state index in [9.17, 15) is 0 Å². The van der Waals surface area contributed by atoms with Crippen molar-refractivity contribution >= 4 is 0 Å². The molecule has 1 heteroatoms. The van der Waals surface area contributed by atoms with Crippen LogP contribution in [0.2, 0.25) is 0 Å². The highest BCUT2D eigenvalue weighted by molar-refractivity contribution is 4.85. The minimum absolute atomic E-state index is 0.559. The van der Waals surface area contributed by atoms with Gasteiger partial charge in [-0.05, 0) is 62.2 Å². The molecule has 2 aliphatic carbocycles. The van der Waals surface area contributed by atoms with Crippen molar-refractivity contribution in [2.24, 2.45) is 23.7 Å². The summed E-state index contributed by atoms with van der Waals surface area (Å²) in [4.78, 5) is 0. The molecule has 124 valence electrons. The Bertz CT molecular complexity index is 267. The third-order valence-corrected chi connectivity index (χ3v) is 6.22. The van der Waals surface area contributed by atoms with Crippen LogP contribution in [0, 0.1) is 23.7 Å². The Hall–Kier alpha value is -0.0400. The van der Waals surface area contributed by atoms with E-state index in [0.29, 0.717) is 6.10 Å². The van der Waals surface area contributed by atoms with Gasteiger partial charge in [0.1, 0.15) is 0 Å². The monoisotopic (exact) mass is 294 g/mol. The van der Waals surface area contributed by atoms with Crippen LogP contribution in [0.3, 0.4) is 0 Å². The van der Waals surface area contributed by atoms with Crippen molar-refractivity contribution in [3.05, 3.63) is 0 Å². The van der Waals surface area contributed by atoms with Gasteiger partial charge < -0.3 is 4.74 Å². The Kier molecular flexibility index (Phi) is 7.57. The van der Waals surface area contributed by atoms with Crippen LogP contribution in [-0.2, 0) is 4.74 Å². The Labute approximate surface area is 133 Å². The summed E-state index contributed by atoms with van der Waals surface area (Å²) in [6.07, 6.45) is 16.2. The first-order valence-corrected chi connectivity index (χ1v) is 9.86. The molecular formula is C20H38O. The quantitative estimate of drug-likeness (QED) is 0.507. The van der Waals surface area contributed by atoms with E-state index >= 15 is 0 Å². The largest absolute Gasteiger partial charge is 0.378 e. The van der Waals surface area contributed by atoms with Crippen LogP contribution >= 0.6 is 0 Å². The van der Waals surface area contributed by atoms with Gasteiger partial charge >= 0.3 is 0 Å². The zero-order valence-corrected chi connectivity index (χ0v) is 14.8. The molecular weight excluding hydrogens is 256 g/mol. The highest BCUT2D eigenvalue weighted by atomic mass is 16.5. The molecule has 2 fully saturated rings. The fourth-order valence-corrected chi connectivity index (χ4v) is 4.82. The number of ether oxygens (including phenoxy) is 1. The van der Waals surface area contributed by atoms with Crippen molar-refractivity contribution in [2.45, 2.75) is 97.5 Å². The maximum atomic E-state index is 6.12. The lowest BCUT2D eigenvalue weighted by Crippen LogP contribution is -2.34. The van der Waals surface area contributed by atoms with E-state index in [1.807, 2.05) is 0 Å². The average molecular weight is 295 g/mol. The minimum Gasteiger partial charge on any atom is -0.378 e. The first kappa shape index (κ1) is 17.3. The summed E-state index contributed by atoms with van der Waals surface area (Å²) in [7, 11) is 0. The Morgan fingerprint density at radius 3 is 2.19 bits per heavy atom. The normalized spacial score (nSPS) is 37.6. The number of unbranched alkanes of at least 4 members (excludes halogenated alkanes) is 1. The molecule has 2 aliphatic rings. The summed E-state index contributed by atoms with van der Waals surface area (Å²) in [6.45, 7) is 8.01. The van der Waals surface area contributed by atoms with Crippen molar-refractivity contribution in [3.63, 3.8) is 0 Å². The summed E-state index contributed by atoms with van der Waals surface area (Å²) < 4.78 is 6.12. The molecule has 0 N–H and O–H groups in total. The van der Waals surface area contributed by atoms with Gasteiger partial charge in [-0.2, -0.15) is 0 Å². The van der Waals surface area contributed by atoms with E-state index in [-0.39, 0.29) is 0 Å². The van der Waals surface area contributed by atoms with Gasteiger partial charge in [0.05, 0.1) is 6.10 Å². The van der Waals surface area contributed by atoms with E-state index in [2.05, 4.69) is 20.8 Å². The van der Waals surface area contributed by atoms with Crippen molar-refractivity contribution in [2.75, 3.05) is 6.61 Å². The predicted octanol–water partition coefficient (Wildman–Crippen LogP) is 6.21. The minimum atomic E-state index is 0.559. The van der Waals surface area contributed by atoms with Gasteiger partial charge in [-0.25, -0.2) is 0 Å². The Balaban J connectivity index is 1.70. The van der Waals surface area contributed by atoms with E-state index in [0.717, 1.165) is 30.3 Å². The molecule has 2 saturated carbocycles. The molecule has 2 rings (SSSR count). The summed E-state index contributed by atoms with van der Waals surface area (Å²) in [6, 6.07) is 0. The van der Waals surface area contributed by atoms with Crippen LogP contribution in [-0.4, -0.2) is 12.7 Å². The number of hydrogen-bond donors (Lipinski definition) is 0. The van der Waals surface area contributed by atoms with E-state index in [4.69, 9.17) is 4.74 Å². The first-order valence-electron chi connectivity index (χ1n) is 9.86. The topological polar surface area (TPSA) is 9.23 Å². The number of hydrogen-bond acceptors (Lipinski definition) is 1. The third kappa shape index (κ3) is 5.27. The summed E-state index contributed by atoms with van der Waals surface area (Å²) in [5, 5.41) is 0. The highest BCUT2D eigenvalue weighted by Gasteiger charge is 2.34. The van der Waals surface area contributed by atoms with Crippen molar-refractivity contribution in [3.8, 4) is 0 Å². The molecule has 21 heavy (non-hydrogen) atoms. The highest BCUT2D eigenvalue weighted by Crippen LogP contribution is 2.43. The van der Waals surface area contributed by atoms with Gasteiger partial charge in [0, 0.05) is 6.61 Å². The second kappa shape index (κ2) is 9.18.